The molecular formula is C16H9ClFNO4. The van der Waals surface area contributed by atoms with E-state index in [4.69, 9.17) is 16.4 Å². The van der Waals surface area contributed by atoms with Crippen LogP contribution in [-0.2, 0) is 16.1 Å². The lowest BCUT2D eigenvalue weighted by molar-refractivity contribution is -0.167. The van der Waals surface area contributed by atoms with Gasteiger partial charge in [-0.25, -0.2) is 9.18 Å². The normalized spacial score (nSPS) is 13.2. The third-order valence-corrected chi connectivity index (χ3v) is 3.61. The van der Waals surface area contributed by atoms with Crippen LogP contribution in [0, 0.1) is 5.82 Å². The molecule has 3 rings (SSSR count). The highest BCUT2D eigenvalue weighted by Gasteiger charge is 2.38. The van der Waals surface area contributed by atoms with Gasteiger partial charge in [-0.3, -0.25) is 9.59 Å². The molecule has 0 radical (unpaired) electrons. The lowest BCUT2D eigenvalue weighted by Gasteiger charge is -2.13. The summed E-state index contributed by atoms with van der Waals surface area (Å²) in [4.78, 5) is 40.8. The number of imide groups is 1. The van der Waals surface area contributed by atoms with Crippen LogP contribution in [-0.4, -0.2) is 22.8 Å². The molecule has 0 aliphatic carbocycles. The number of carbonyl (C=O) groups excluding carboxylic acids is 3. The van der Waals surface area contributed by atoms with E-state index >= 15 is 0 Å². The summed E-state index contributed by atoms with van der Waals surface area (Å²) in [5.74, 6) is -3.15. The Kier molecular flexibility index (Phi) is 3.83. The van der Waals surface area contributed by atoms with Crippen LogP contribution in [0.1, 0.15) is 26.3 Å². The van der Waals surface area contributed by atoms with Crippen LogP contribution in [0.3, 0.4) is 0 Å². The Labute approximate surface area is 135 Å². The van der Waals surface area contributed by atoms with E-state index < -0.39 is 30.0 Å². The smallest absolute Gasteiger partial charge is 0.329 e. The van der Waals surface area contributed by atoms with Crippen molar-refractivity contribution in [1.82, 2.24) is 5.06 Å². The number of hydrogen-bond acceptors (Lipinski definition) is 4. The lowest BCUT2D eigenvalue weighted by atomic mass is 10.1. The number of nitrogens with zero attached hydrogens (tertiary/aromatic N) is 1. The van der Waals surface area contributed by atoms with Crippen molar-refractivity contribution in [3.05, 3.63) is 70.0 Å². The van der Waals surface area contributed by atoms with Crippen molar-refractivity contribution >= 4 is 29.4 Å². The van der Waals surface area contributed by atoms with Crippen molar-refractivity contribution < 1.29 is 23.6 Å². The summed E-state index contributed by atoms with van der Waals surface area (Å²) < 4.78 is 13.8. The summed E-state index contributed by atoms with van der Waals surface area (Å²) in [5.41, 5.74) is 0.317. The highest BCUT2D eigenvalue weighted by atomic mass is 35.5. The second-order valence-electron chi connectivity index (χ2n) is 4.80. The zero-order valence-corrected chi connectivity index (χ0v) is 12.3. The Bertz CT molecular complexity index is 802. The molecule has 2 aromatic rings. The quantitative estimate of drug-likeness (QED) is 0.810. The number of hydroxylamine groups is 2. The molecule has 2 amide bonds. The van der Waals surface area contributed by atoms with E-state index in [0.717, 1.165) is 0 Å². The molecule has 116 valence electrons. The van der Waals surface area contributed by atoms with Gasteiger partial charge in [-0.05, 0) is 18.2 Å². The third-order valence-electron chi connectivity index (χ3n) is 3.32. The maximum Gasteiger partial charge on any atom is 0.337 e. The van der Waals surface area contributed by atoms with Crippen molar-refractivity contribution in [2.45, 2.75) is 6.42 Å². The molecule has 0 unspecified atom stereocenters. The average Bonchev–Trinajstić information content (AvgIpc) is 2.77. The molecule has 2 aromatic carbocycles. The zero-order valence-electron chi connectivity index (χ0n) is 11.6. The summed E-state index contributed by atoms with van der Waals surface area (Å²) in [6, 6.07) is 10.3. The van der Waals surface area contributed by atoms with Crippen LogP contribution in [0.25, 0.3) is 0 Å². The molecule has 1 aliphatic rings. The number of halogens is 2. The van der Waals surface area contributed by atoms with E-state index in [-0.39, 0.29) is 21.7 Å². The van der Waals surface area contributed by atoms with E-state index in [0.29, 0.717) is 5.06 Å². The topological polar surface area (TPSA) is 63.7 Å². The Hall–Kier alpha value is -2.73. The molecule has 1 aliphatic heterocycles. The second kappa shape index (κ2) is 5.81. The molecule has 5 nitrogen and oxygen atoms in total. The monoisotopic (exact) mass is 333 g/mol. The van der Waals surface area contributed by atoms with Gasteiger partial charge in [0.25, 0.3) is 11.8 Å². The van der Waals surface area contributed by atoms with Gasteiger partial charge in [0.2, 0.25) is 0 Å². The summed E-state index contributed by atoms with van der Waals surface area (Å²) in [6.45, 7) is 0. The molecule has 0 aromatic heterocycles. The zero-order chi connectivity index (χ0) is 16.6. The number of rotatable bonds is 3. The van der Waals surface area contributed by atoms with E-state index in [1.807, 2.05) is 0 Å². The lowest BCUT2D eigenvalue weighted by Crippen LogP contribution is -2.33. The van der Waals surface area contributed by atoms with Gasteiger partial charge in [0.05, 0.1) is 22.6 Å². The first kappa shape index (κ1) is 15.2. The van der Waals surface area contributed by atoms with Crippen LogP contribution in [0.15, 0.2) is 42.5 Å². The number of benzene rings is 2. The molecule has 0 bridgehead atoms. The largest absolute Gasteiger partial charge is 0.337 e. The van der Waals surface area contributed by atoms with Crippen molar-refractivity contribution in [3.63, 3.8) is 0 Å². The maximum atomic E-state index is 13.8. The Balaban J connectivity index is 1.76. The summed E-state index contributed by atoms with van der Waals surface area (Å²) in [6.07, 6.45) is -0.459. The highest BCUT2D eigenvalue weighted by Crippen LogP contribution is 2.23. The summed E-state index contributed by atoms with van der Waals surface area (Å²) in [5, 5.41) is 0.256. The van der Waals surface area contributed by atoms with Crippen LogP contribution in [0.5, 0.6) is 0 Å². The fourth-order valence-electron chi connectivity index (χ4n) is 2.22. The summed E-state index contributed by atoms with van der Waals surface area (Å²) >= 11 is 5.63. The molecule has 1 heterocycles. The Morgan fingerprint density at radius 1 is 1.04 bits per heavy atom. The number of carbonyl (C=O) groups is 3. The van der Waals surface area contributed by atoms with Gasteiger partial charge in [-0.2, -0.15) is 0 Å². The fraction of sp³-hybridized carbons (Fsp3) is 0.0625. The van der Waals surface area contributed by atoms with Crippen molar-refractivity contribution in [2.24, 2.45) is 0 Å². The molecule has 0 N–H and O–H groups in total. The van der Waals surface area contributed by atoms with Gasteiger partial charge in [0.15, 0.2) is 0 Å². The van der Waals surface area contributed by atoms with Crippen LogP contribution < -0.4 is 0 Å². The number of fused-ring (bicyclic) bond motifs is 1. The van der Waals surface area contributed by atoms with E-state index in [2.05, 4.69) is 0 Å². The molecular weight excluding hydrogens is 325 g/mol. The highest BCUT2D eigenvalue weighted by molar-refractivity contribution is 6.30. The third kappa shape index (κ3) is 2.68. The van der Waals surface area contributed by atoms with Gasteiger partial charge in [0, 0.05) is 5.56 Å². The van der Waals surface area contributed by atoms with Crippen LogP contribution in [0.2, 0.25) is 5.02 Å². The van der Waals surface area contributed by atoms with Crippen molar-refractivity contribution in [1.29, 1.82) is 0 Å². The van der Waals surface area contributed by atoms with Gasteiger partial charge in [0.1, 0.15) is 5.82 Å². The molecule has 23 heavy (non-hydrogen) atoms. The fourth-order valence-corrected chi connectivity index (χ4v) is 2.42. The first-order valence-corrected chi connectivity index (χ1v) is 6.98. The van der Waals surface area contributed by atoms with Crippen LogP contribution in [0.4, 0.5) is 4.39 Å². The van der Waals surface area contributed by atoms with Crippen molar-refractivity contribution in [2.75, 3.05) is 0 Å². The SMILES string of the molecule is O=C(Cc1cccc(Cl)c1F)ON1C(=O)c2ccccc2C1=O. The van der Waals surface area contributed by atoms with E-state index in [1.54, 1.807) is 12.1 Å². The first-order valence-electron chi connectivity index (χ1n) is 6.60. The van der Waals surface area contributed by atoms with Gasteiger partial charge in [-0.1, -0.05) is 40.9 Å². The second-order valence-corrected chi connectivity index (χ2v) is 5.21. The molecule has 0 saturated carbocycles. The predicted octanol–water partition coefficient (Wildman–Crippen LogP) is 2.78. The standard InChI is InChI=1S/C16H9ClFNO4/c17-12-7-3-4-9(14(12)18)8-13(20)23-19-15(21)10-5-1-2-6-11(10)16(19)22/h1-7H,8H2. The molecule has 0 saturated heterocycles. The molecule has 7 heteroatoms. The maximum absolute atomic E-state index is 13.8. The number of amides is 2. The molecule has 0 fully saturated rings. The van der Waals surface area contributed by atoms with Crippen LogP contribution >= 0.6 is 11.6 Å². The minimum atomic E-state index is -0.944. The number of hydrogen-bond donors (Lipinski definition) is 0. The Morgan fingerprint density at radius 2 is 1.65 bits per heavy atom. The summed E-state index contributed by atoms with van der Waals surface area (Å²) in [7, 11) is 0. The first-order chi connectivity index (χ1) is 11.0. The Morgan fingerprint density at radius 3 is 2.26 bits per heavy atom. The molecule has 0 spiro atoms. The minimum Gasteiger partial charge on any atom is -0.329 e. The van der Waals surface area contributed by atoms with Gasteiger partial charge < -0.3 is 4.84 Å². The van der Waals surface area contributed by atoms with E-state index in [1.165, 1.54) is 30.3 Å². The predicted molar refractivity (Wildman–Crippen MR) is 78.1 cm³/mol. The van der Waals surface area contributed by atoms with Crippen molar-refractivity contribution in [3.8, 4) is 0 Å². The van der Waals surface area contributed by atoms with E-state index in [9.17, 15) is 18.8 Å². The molecule has 0 atom stereocenters. The van der Waals surface area contributed by atoms with Gasteiger partial charge in [-0.15, -0.1) is 0 Å². The van der Waals surface area contributed by atoms with Gasteiger partial charge >= 0.3 is 5.97 Å². The minimum absolute atomic E-state index is 0.0131. The average molecular weight is 334 g/mol.